The van der Waals surface area contributed by atoms with Gasteiger partial charge in [0, 0.05) is 17.7 Å². The molecule has 25 heavy (non-hydrogen) atoms. The predicted octanol–water partition coefficient (Wildman–Crippen LogP) is 6.29. The SMILES string of the molecule is CC(C)c1ccc(CSc2nnc(SCc3ccc(Cl)nc3)s2)cc1. The van der Waals surface area contributed by atoms with Gasteiger partial charge < -0.3 is 0 Å². The lowest BCUT2D eigenvalue weighted by molar-refractivity contribution is 0.866. The van der Waals surface area contributed by atoms with Crippen LogP contribution < -0.4 is 0 Å². The second-order valence-corrected chi connectivity index (χ2v) is 9.61. The van der Waals surface area contributed by atoms with Crippen molar-refractivity contribution in [3.63, 3.8) is 0 Å². The molecule has 0 aliphatic heterocycles. The van der Waals surface area contributed by atoms with Gasteiger partial charge in [0.1, 0.15) is 5.15 Å². The van der Waals surface area contributed by atoms with Crippen molar-refractivity contribution in [2.24, 2.45) is 0 Å². The first-order chi connectivity index (χ1) is 12.1. The lowest BCUT2D eigenvalue weighted by Crippen LogP contribution is -1.87. The third kappa shape index (κ3) is 5.71. The summed E-state index contributed by atoms with van der Waals surface area (Å²) < 4.78 is 1.98. The molecule has 0 saturated carbocycles. The number of hydrogen-bond acceptors (Lipinski definition) is 6. The van der Waals surface area contributed by atoms with Crippen LogP contribution in [0.1, 0.15) is 36.5 Å². The standard InChI is InChI=1S/C18H18ClN3S3/c1-12(2)15-6-3-13(4-7-15)10-23-17-21-22-18(25-17)24-11-14-5-8-16(19)20-9-14/h3-9,12H,10-11H2,1-2H3. The van der Waals surface area contributed by atoms with Crippen molar-refractivity contribution in [3.8, 4) is 0 Å². The molecule has 130 valence electrons. The molecule has 0 amide bonds. The summed E-state index contributed by atoms with van der Waals surface area (Å²) in [6, 6.07) is 12.6. The van der Waals surface area contributed by atoms with E-state index < -0.39 is 0 Å². The van der Waals surface area contributed by atoms with Gasteiger partial charge in [-0.3, -0.25) is 0 Å². The fraction of sp³-hybridized carbons (Fsp3) is 0.278. The number of halogens is 1. The Morgan fingerprint density at radius 2 is 1.52 bits per heavy atom. The molecule has 2 heterocycles. The summed E-state index contributed by atoms with van der Waals surface area (Å²) in [6.07, 6.45) is 1.80. The lowest BCUT2D eigenvalue weighted by Gasteiger charge is -2.05. The summed E-state index contributed by atoms with van der Waals surface area (Å²) in [5.41, 5.74) is 3.81. The highest BCUT2D eigenvalue weighted by Gasteiger charge is 2.07. The number of nitrogens with zero attached hydrogens (tertiary/aromatic N) is 3. The van der Waals surface area contributed by atoms with E-state index in [1.807, 2.05) is 12.1 Å². The molecule has 0 spiro atoms. The maximum Gasteiger partial charge on any atom is 0.175 e. The zero-order valence-electron chi connectivity index (χ0n) is 14.0. The van der Waals surface area contributed by atoms with Crippen LogP contribution in [-0.4, -0.2) is 15.2 Å². The second-order valence-electron chi connectivity index (χ2n) is 5.80. The van der Waals surface area contributed by atoms with Crippen LogP contribution in [0.25, 0.3) is 0 Å². The highest BCUT2D eigenvalue weighted by Crippen LogP contribution is 2.32. The van der Waals surface area contributed by atoms with Crippen LogP contribution in [0.15, 0.2) is 51.3 Å². The molecule has 3 nitrogen and oxygen atoms in total. The van der Waals surface area contributed by atoms with E-state index in [4.69, 9.17) is 11.6 Å². The largest absolute Gasteiger partial charge is 0.244 e. The number of thioether (sulfide) groups is 2. The number of aromatic nitrogens is 3. The van der Waals surface area contributed by atoms with Gasteiger partial charge in [0.05, 0.1) is 0 Å². The lowest BCUT2D eigenvalue weighted by atomic mass is 10.0. The van der Waals surface area contributed by atoms with Crippen molar-refractivity contribution >= 4 is 46.5 Å². The normalized spacial score (nSPS) is 11.2. The van der Waals surface area contributed by atoms with E-state index in [1.54, 1.807) is 41.1 Å². The Labute approximate surface area is 165 Å². The maximum atomic E-state index is 5.80. The average Bonchev–Trinajstić information content (AvgIpc) is 3.08. The van der Waals surface area contributed by atoms with Crippen LogP contribution in [-0.2, 0) is 11.5 Å². The van der Waals surface area contributed by atoms with Crippen LogP contribution in [0, 0.1) is 0 Å². The van der Waals surface area contributed by atoms with E-state index in [-0.39, 0.29) is 0 Å². The van der Waals surface area contributed by atoms with E-state index in [2.05, 4.69) is 53.3 Å². The first-order valence-corrected chi connectivity index (χ1v) is 11.0. The summed E-state index contributed by atoms with van der Waals surface area (Å²) in [5, 5.41) is 9.06. The summed E-state index contributed by atoms with van der Waals surface area (Å²) in [6.45, 7) is 4.43. The van der Waals surface area contributed by atoms with Crippen LogP contribution in [0.3, 0.4) is 0 Å². The molecule has 0 atom stereocenters. The van der Waals surface area contributed by atoms with Crippen molar-refractivity contribution in [2.75, 3.05) is 0 Å². The molecule has 0 aliphatic rings. The minimum atomic E-state index is 0.518. The molecule has 0 N–H and O–H groups in total. The van der Waals surface area contributed by atoms with E-state index in [0.29, 0.717) is 11.1 Å². The van der Waals surface area contributed by atoms with Crippen molar-refractivity contribution in [2.45, 2.75) is 40.0 Å². The second kappa shape index (κ2) is 9.03. The number of pyridine rings is 1. The van der Waals surface area contributed by atoms with Gasteiger partial charge in [-0.15, -0.1) is 10.2 Å². The number of hydrogen-bond donors (Lipinski definition) is 0. The molecule has 0 unspecified atom stereocenters. The Hall–Kier alpha value is -1.08. The van der Waals surface area contributed by atoms with Crippen molar-refractivity contribution < 1.29 is 0 Å². The maximum absolute atomic E-state index is 5.80. The number of rotatable bonds is 7. The molecular formula is C18H18ClN3S3. The predicted molar refractivity (Wildman–Crippen MR) is 109 cm³/mol. The molecule has 0 aliphatic carbocycles. The first-order valence-electron chi connectivity index (χ1n) is 7.88. The molecular weight excluding hydrogens is 390 g/mol. The van der Waals surface area contributed by atoms with Crippen LogP contribution in [0.5, 0.6) is 0 Å². The molecule has 0 fully saturated rings. The van der Waals surface area contributed by atoms with Crippen molar-refractivity contribution in [1.29, 1.82) is 0 Å². The molecule has 1 aromatic carbocycles. The Morgan fingerprint density at radius 1 is 0.920 bits per heavy atom. The summed E-state index contributed by atoms with van der Waals surface area (Å²) in [7, 11) is 0. The first kappa shape index (κ1) is 18.7. The van der Waals surface area contributed by atoms with Gasteiger partial charge in [-0.05, 0) is 28.7 Å². The van der Waals surface area contributed by atoms with Gasteiger partial charge in [-0.2, -0.15) is 0 Å². The Bertz CT molecular complexity index is 801. The molecule has 3 aromatic rings. The van der Waals surface area contributed by atoms with Gasteiger partial charge >= 0.3 is 0 Å². The molecule has 0 saturated heterocycles. The monoisotopic (exact) mass is 407 g/mol. The van der Waals surface area contributed by atoms with Crippen LogP contribution in [0.4, 0.5) is 0 Å². The quantitative estimate of drug-likeness (QED) is 0.339. The molecule has 7 heteroatoms. The highest BCUT2D eigenvalue weighted by atomic mass is 35.5. The minimum absolute atomic E-state index is 0.518. The zero-order valence-corrected chi connectivity index (χ0v) is 17.2. The summed E-state index contributed by atoms with van der Waals surface area (Å²) in [4.78, 5) is 4.09. The number of benzene rings is 1. The Kier molecular flexibility index (Phi) is 6.76. The minimum Gasteiger partial charge on any atom is -0.244 e. The Morgan fingerprint density at radius 3 is 2.08 bits per heavy atom. The zero-order chi connectivity index (χ0) is 17.6. The van der Waals surface area contributed by atoms with Gasteiger partial charge in [-0.1, -0.05) is 90.6 Å². The topological polar surface area (TPSA) is 38.7 Å². The van der Waals surface area contributed by atoms with E-state index in [0.717, 1.165) is 25.7 Å². The Balaban J connectivity index is 1.50. The third-order valence-electron chi connectivity index (χ3n) is 3.55. The molecule has 2 aromatic heterocycles. The van der Waals surface area contributed by atoms with E-state index in [1.165, 1.54) is 11.1 Å². The average molecular weight is 408 g/mol. The van der Waals surface area contributed by atoms with Gasteiger partial charge in [0.2, 0.25) is 0 Å². The molecule has 0 radical (unpaired) electrons. The van der Waals surface area contributed by atoms with Crippen molar-refractivity contribution in [3.05, 3.63) is 64.4 Å². The molecule has 0 bridgehead atoms. The summed E-state index contributed by atoms with van der Waals surface area (Å²) >= 11 is 10.8. The van der Waals surface area contributed by atoms with E-state index in [9.17, 15) is 0 Å². The van der Waals surface area contributed by atoms with E-state index >= 15 is 0 Å². The van der Waals surface area contributed by atoms with Crippen molar-refractivity contribution in [1.82, 2.24) is 15.2 Å². The van der Waals surface area contributed by atoms with Crippen LogP contribution >= 0.6 is 46.5 Å². The smallest absolute Gasteiger partial charge is 0.175 e. The van der Waals surface area contributed by atoms with Gasteiger partial charge in [0.15, 0.2) is 8.68 Å². The summed E-state index contributed by atoms with van der Waals surface area (Å²) in [5.74, 6) is 2.30. The molecule has 3 rings (SSSR count). The van der Waals surface area contributed by atoms with Gasteiger partial charge in [-0.25, -0.2) is 4.98 Å². The van der Waals surface area contributed by atoms with Crippen LogP contribution in [0.2, 0.25) is 5.15 Å². The fourth-order valence-electron chi connectivity index (χ4n) is 2.09. The third-order valence-corrected chi connectivity index (χ3v) is 7.10. The fourth-order valence-corrected chi connectivity index (χ4v) is 5.12. The van der Waals surface area contributed by atoms with Gasteiger partial charge in [0.25, 0.3) is 0 Å². The highest BCUT2D eigenvalue weighted by molar-refractivity contribution is 8.02.